The number of rotatable bonds is 4. The Morgan fingerprint density at radius 1 is 1.39 bits per heavy atom. The Labute approximate surface area is 116 Å². The van der Waals surface area contributed by atoms with Gasteiger partial charge in [0.2, 0.25) is 0 Å². The molecule has 0 aliphatic carbocycles. The summed E-state index contributed by atoms with van der Waals surface area (Å²) in [5, 5.41) is 10.7. The zero-order valence-corrected chi connectivity index (χ0v) is 12.4. The summed E-state index contributed by atoms with van der Waals surface area (Å²) in [5.74, 6) is 0.891. The lowest BCUT2D eigenvalue weighted by Crippen LogP contribution is -1.90. The van der Waals surface area contributed by atoms with Crippen LogP contribution in [0.1, 0.15) is 34.2 Å². The van der Waals surface area contributed by atoms with Crippen molar-refractivity contribution in [2.45, 2.75) is 37.5 Å². The van der Waals surface area contributed by atoms with E-state index < -0.39 is 6.10 Å². The molecule has 1 heterocycles. The van der Waals surface area contributed by atoms with E-state index in [-0.39, 0.29) is 0 Å². The second-order valence-corrected chi connectivity index (χ2v) is 6.62. The first-order valence-electron chi connectivity index (χ1n) is 5.90. The lowest BCUT2D eigenvalue weighted by atomic mass is 10.1. The zero-order valence-electron chi connectivity index (χ0n) is 10.8. The molecule has 2 nitrogen and oxygen atoms in total. The van der Waals surface area contributed by atoms with Crippen molar-refractivity contribution < 1.29 is 5.11 Å². The second-order valence-electron chi connectivity index (χ2n) is 4.29. The van der Waals surface area contributed by atoms with Gasteiger partial charge in [-0.25, -0.2) is 4.98 Å². The quantitative estimate of drug-likeness (QED) is 0.855. The van der Waals surface area contributed by atoms with Crippen LogP contribution in [0, 0.1) is 13.8 Å². The van der Waals surface area contributed by atoms with E-state index in [0.29, 0.717) is 0 Å². The Balaban J connectivity index is 2.03. The van der Waals surface area contributed by atoms with Crippen LogP contribution in [-0.2, 0) is 5.75 Å². The Kier molecular flexibility index (Phi) is 4.43. The van der Waals surface area contributed by atoms with Crippen LogP contribution in [0.25, 0.3) is 0 Å². The Morgan fingerprint density at radius 2 is 2.17 bits per heavy atom. The molecule has 0 saturated heterocycles. The van der Waals surface area contributed by atoms with Crippen molar-refractivity contribution in [3.63, 3.8) is 0 Å². The molecule has 0 amide bonds. The van der Waals surface area contributed by atoms with E-state index in [1.165, 1.54) is 9.77 Å². The van der Waals surface area contributed by atoms with Crippen LogP contribution >= 0.6 is 23.1 Å². The van der Waals surface area contributed by atoms with Gasteiger partial charge in [-0.15, -0.1) is 23.1 Å². The molecule has 0 fully saturated rings. The van der Waals surface area contributed by atoms with Crippen LogP contribution in [0.5, 0.6) is 0 Å². The molecule has 2 aromatic rings. The number of aliphatic hydroxyl groups excluding tert-OH is 1. The molecule has 96 valence electrons. The third-order valence-electron chi connectivity index (χ3n) is 2.78. The van der Waals surface area contributed by atoms with Crippen molar-refractivity contribution in [3.05, 3.63) is 45.4 Å². The van der Waals surface area contributed by atoms with Crippen LogP contribution in [0.3, 0.4) is 0 Å². The summed E-state index contributed by atoms with van der Waals surface area (Å²) in [5.41, 5.74) is 2.10. The minimum absolute atomic E-state index is 0.407. The van der Waals surface area contributed by atoms with E-state index in [1.807, 2.05) is 25.1 Å². The molecule has 1 aromatic carbocycles. The second kappa shape index (κ2) is 5.87. The highest BCUT2D eigenvalue weighted by molar-refractivity contribution is 7.98. The van der Waals surface area contributed by atoms with Gasteiger partial charge in [-0.1, -0.05) is 12.1 Å². The molecule has 0 radical (unpaired) electrons. The molecular formula is C14H17NOS2. The lowest BCUT2D eigenvalue weighted by molar-refractivity contribution is 0.199. The number of aryl methyl sites for hydroxylation is 2. The van der Waals surface area contributed by atoms with E-state index in [4.69, 9.17) is 0 Å². The average molecular weight is 279 g/mol. The van der Waals surface area contributed by atoms with Gasteiger partial charge >= 0.3 is 0 Å². The van der Waals surface area contributed by atoms with Gasteiger partial charge in [-0.2, -0.15) is 0 Å². The summed E-state index contributed by atoms with van der Waals surface area (Å²) in [6.07, 6.45) is -0.407. The van der Waals surface area contributed by atoms with E-state index in [9.17, 15) is 5.11 Å². The van der Waals surface area contributed by atoms with Crippen molar-refractivity contribution in [2.75, 3.05) is 0 Å². The van der Waals surface area contributed by atoms with Crippen molar-refractivity contribution in [1.29, 1.82) is 0 Å². The molecule has 0 bridgehead atoms. The first-order chi connectivity index (χ1) is 8.56. The fraction of sp³-hybridized carbons (Fsp3) is 0.357. The Bertz CT molecular complexity index is 515. The highest BCUT2D eigenvalue weighted by Gasteiger charge is 2.06. The van der Waals surface area contributed by atoms with Crippen molar-refractivity contribution in [1.82, 2.24) is 4.98 Å². The highest BCUT2D eigenvalue weighted by Crippen LogP contribution is 2.28. The van der Waals surface area contributed by atoms with Gasteiger partial charge in [0.05, 0.1) is 17.6 Å². The molecule has 1 N–H and O–H groups in total. The van der Waals surface area contributed by atoms with Crippen LogP contribution in [-0.4, -0.2) is 10.1 Å². The number of nitrogens with zero attached hydrogens (tertiary/aromatic N) is 1. The van der Waals surface area contributed by atoms with Crippen LogP contribution in [0.4, 0.5) is 0 Å². The third-order valence-corrected chi connectivity index (χ3v) is 5.04. The predicted molar refractivity (Wildman–Crippen MR) is 78.2 cm³/mol. The summed E-state index contributed by atoms with van der Waals surface area (Å²) in [7, 11) is 0. The zero-order chi connectivity index (χ0) is 13.1. The standard InChI is InChI=1S/C14H17NOS2/c1-9-11(3)18-14(15-9)8-17-13-6-4-5-12(7-13)10(2)16/h4-7,10,16H,8H2,1-3H3. The molecule has 18 heavy (non-hydrogen) atoms. The average Bonchev–Trinajstić information content (AvgIpc) is 2.67. The number of benzene rings is 1. The molecule has 4 heteroatoms. The fourth-order valence-corrected chi connectivity index (χ4v) is 3.50. The molecule has 2 rings (SSSR count). The molecule has 0 aliphatic heterocycles. The summed E-state index contributed by atoms with van der Waals surface area (Å²) >= 11 is 3.53. The number of thioether (sulfide) groups is 1. The fourth-order valence-electron chi connectivity index (χ4n) is 1.61. The van der Waals surface area contributed by atoms with Crippen molar-refractivity contribution in [3.8, 4) is 0 Å². The summed E-state index contributed by atoms with van der Waals surface area (Å²) in [4.78, 5) is 7.01. The first kappa shape index (κ1) is 13.6. The van der Waals surface area contributed by atoms with Crippen LogP contribution < -0.4 is 0 Å². The van der Waals surface area contributed by atoms with Crippen LogP contribution in [0.2, 0.25) is 0 Å². The number of aliphatic hydroxyl groups is 1. The van der Waals surface area contributed by atoms with Crippen LogP contribution in [0.15, 0.2) is 29.2 Å². The molecular weight excluding hydrogens is 262 g/mol. The van der Waals surface area contributed by atoms with Gasteiger partial charge in [-0.05, 0) is 38.5 Å². The largest absolute Gasteiger partial charge is 0.389 e. The summed E-state index contributed by atoms with van der Waals surface area (Å²) < 4.78 is 0. The first-order valence-corrected chi connectivity index (χ1v) is 7.70. The minimum atomic E-state index is -0.407. The topological polar surface area (TPSA) is 33.1 Å². The van der Waals surface area contributed by atoms with Gasteiger partial charge in [0.25, 0.3) is 0 Å². The van der Waals surface area contributed by atoms with E-state index in [0.717, 1.165) is 22.0 Å². The lowest BCUT2D eigenvalue weighted by Gasteiger charge is -2.06. The molecule has 0 aliphatic rings. The Hall–Kier alpha value is -0.840. The van der Waals surface area contributed by atoms with Gasteiger partial charge in [0, 0.05) is 9.77 Å². The molecule has 1 unspecified atom stereocenters. The Morgan fingerprint density at radius 3 is 2.78 bits per heavy atom. The minimum Gasteiger partial charge on any atom is -0.389 e. The van der Waals surface area contributed by atoms with E-state index >= 15 is 0 Å². The number of hydrogen-bond acceptors (Lipinski definition) is 4. The maximum Gasteiger partial charge on any atom is 0.103 e. The van der Waals surface area contributed by atoms with Gasteiger partial charge in [0.1, 0.15) is 5.01 Å². The monoisotopic (exact) mass is 279 g/mol. The molecule has 1 atom stereocenters. The number of aromatic nitrogens is 1. The molecule has 0 spiro atoms. The van der Waals surface area contributed by atoms with Crippen molar-refractivity contribution >= 4 is 23.1 Å². The van der Waals surface area contributed by atoms with Gasteiger partial charge < -0.3 is 5.11 Å². The van der Waals surface area contributed by atoms with E-state index in [2.05, 4.69) is 18.0 Å². The van der Waals surface area contributed by atoms with Gasteiger partial charge in [-0.3, -0.25) is 0 Å². The summed E-state index contributed by atoms with van der Waals surface area (Å²) in [6, 6.07) is 8.06. The molecule has 1 aromatic heterocycles. The van der Waals surface area contributed by atoms with E-state index in [1.54, 1.807) is 30.0 Å². The SMILES string of the molecule is Cc1nc(CSc2cccc(C(C)O)c2)sc1C. The maximum atomic E-state index is 9.55. The third kappa shape index (κ3) is 3.34. The molecule has 0 saturated carbocycles. The predicted octanol–water partition coefficient (Wildman–Crippen LogP) is 4.11. The normalized spacial score (nSPS) is 12.7. The maximum absolute atomic E-state index is 9.55. The van der Waals surface area contributed by atoms with Crippen molar-refractivity contribution in [2.24, 2.45) is 0 Å². The summed E-state index contributed by atoms with van der Waals surface area (Å²) in [6.45, 7) is 5.95. The van der Waals surface area contributed by atoms with Gasteiger partial charge in [0.15, 0.2) is 0 Å². The number of thiazole rings is 1. The number of hydrogen-bond donors (Lipinski definition) is 1. The highest BCUT2D eigenvalue weighted by atomic mass is 32.2. The smallest absolute Gasteiger partial charge is 0.103 e.